The van der Waals surface area contributed by atoms with Crippen LogP contribution in [0.5, 0.6) is 0 Å². The first-order chi connectivity index (χ1) is 8.69. The molecule has 2 heterocycles. The molecule has 0 radical (unpaired) electrons. The van der Waals surface area contributed by atoms with Crippen LogP contribution in [0.2, 0.25) is 0 Å². The quantitative estimate of drug-likeness (QED) is 0.814. The molecule has 0 amide bonds. The second kappa shape index (κ2) is 6.88. The number of nitrogens with zero attached hydrogens (tertiary/aromatic N) is 1. The van der Waals surface area contributed by atoms with Crippen LogP contribution < -0.4 is 5.32 Å². The second-order valence-corrected chi connectivity index (χ2v) is 6.25. The van der Waals surface area contributed by atoms with E-state index in [1.54, 1.807) is 0 Å². The van der Waals surface area contributed by atoms with Gasteiger partial charge in [0.25, 0.3) is 0 Å². The van der Waals surface area contributed by atoms with E-state index in [9.17, 15) is 0 Å². The van der Waals surface area contributed by atoms with Crippen molar-refractivity contribution in [1.29, 1.82) is 0 Å². The van der Waals surface area contributed by atoms with Crippen LogP contribution in [0.15, 0.2) is 0 Å². The first-order valence-electron chi connectivity index (χ1n) is 7.79. The molecular formula is C15H30N2O. The molecule has 1 N–H and O–H groups in total. The minimum atomic E-state index is 0.451. The first kappa shape index (κ1) is 14.3. The van der Waals surface area contributed by atoms with E-state index in [1.165, 1.54) is 32.2 Å². The summed E-state index contributed by atoms with van der Waals surface area (Å²) in [5.74, 6) is 0.861. The molecule has 0 spiro atoms. The lowest BCUT2D eigenvalue weighted by Crippen LogP contribution is -2.45. The maximum Gasteiger partial charge on any atom is 0.0707 e. The van der Waals surface area contributed by atoms with E-state index in [4.69, 9.17) is 4.74 Å². The van der Waals surface area contributed by atoms with Crippen LogP contribution in [0.3, 0.4) is 0 Å². The van der Waals surface area contributed by atoms with Crippen molar-refractivity contribution in [2.24, 2.45) is 5.92 Å². The van der Waals surface area contributed by atoms with Gasteiger partial charge in [-0.05, 0) is 45.1 Å². The lowest BCUT2D eigenvalue weighted by Gasteiger charge is -2.38. The van der Waals surface area contributed by atoms with Crippen LogP contribution in [-0.2, 0) is 4.74 Å². The number of piperidine rings is 1. The van der Waals surface area contributed by atoms with Crippen LogP contribution in [0, 0.1) is 5.92 Å². The van der Waals surface area contributed by atoms with Crippen LogP contribution in [0.4, 0.5) is 0 Å². The van der Waals surface area contributed by atoms with E-state index in [1.807, 2.05) is 0 Å². The van der Waals surface area contributed by atoms with Crippen molar-refractivity contribution >= 4 is 0 Å². The Bertz CT molecular complexity index is 247. The van der Waals surface area contributed by atoms with Crippen LogP contribution >= 0.6 is 0 Å². The highest BCUT2D eigenvalue weighted by atomic mass is 16.5. The van der Waals surface area contributed by atoms with Crippen molar-refractivity contribution in [3.05, 3.63) is 0 Å². The minimum absolute atomic E-state index is 0.451. The Kier molecular flexibility index (Phi) is 5.46. The summed E-state index contributed by atoms with van der Waals surface area (Å²) in [6.45, 7) is 11.4. The van der Waals surface area contributed by atoms with Gasteiger partial charge in [0, 0.05) is 25.7 Å². The van der Waals surface area contributed by atoms with Gasteiger partial charge in [0.1, 0.15) is 0 Å². The van der Waals surface area contributed by atoms with E-state index in [-0.39, 0.29) is 0 Å². The maximum absolute atomic E-state index is 6.15. The van der Waals surface area contributed by atoms with Crippen LogP contribution in [-0.4, -0.2) is 49.3 Å². The molecule has 0 aromatic rings. The molecule has 18 heavy (non-hydrogen) atoms. The molecule has 2 aliphatic rings. The number of likely N-dealkylation sites (tertiary alicyclic amines) is 1. The maximum atomic E-state index is 6.15. The fourth-order valence-electron chi connectivity index (χ4n) is 3.27. The zero-order valence-electron chi connectivity index (χ0n) is 12.3. The smallest absolute Gasteiger partial charge is 0.0707 e. The van der Waals surface area contributed by atoms with Crippen molar-refractivity contribution in [3.8, 4) is 0 Å². The average molecular weight is 254 g/mol. The topological polar surface area (TPSA) is 24.5 Å². The van der Waals surface area contributed by atoms with Crippen molar-refractivity contribution in [2.45, 2.75) is 64.7 Å². The Hall–Kier alpha value is -0.120. The molecule has 3 heteroatoms. The molecule has 2 fully saturated rings. The SMILES string of the molecule is CCNCC1CCC(CN2CC(C)CCC2C)O1. The molecule has 4 atom stereocenters. The molecule has 0 aromatic carbocycles. The predicted octanol–water partition coefficient (Wildman–Crippen LogP) is 2.26. The molecular weight excluding hydrogens is 224 g/mol. The molecule has 4 unspecified atom stereocenters. The highest BCUT2D eigenvalue weighted by molar-refractivity contribution is 4.83. The highest BCUT2D eigenvalue weighted by Crippen LogP contribution is 2.25. The van der Waals surface area contributed by atoms with Gasteiger partial charge in [-0.2, -0.15) is 0 Å². The minimum Gasteiger partial charge on any atom is -0.372 e. The van der Waals surface area contributed by atoms with Gasteiger partial charge in [0.2, 0.25) is 0 Å². The molecule has 0 aromatic heterocycles. The number of ether oxygens (including phenoxy) is 1. The molecule has 106 valence electrons. The van der Waals surface area contributed by atoms with Gasteiger partial charge in [0.05, 0.1) is 12.2 Å². The average Bonchev–Trinajstić information content (AvgIpc) is 2.79. The molecule has 2 rings (SSSR count). The van der Waals surface area contributed by atoms with Crippen LogP contribution in [0.1, 0.15) is 46.5 Å². The summed E-state index contributed by atoms with van der Waals surface area (Å²) >= 11 is 0. The zero-order chi connectivity index (χ0) is 13.0. The lowest BCUT2D eigenvalue weighted by atomic mass is 9.94. The summed E-state index contributed by atoms with van der Waals surface area (Å²) in [6.07, 6.45) is 6.15. The van der Waals surface area contributed by atoms with E-state index < -0.39 is 0 Å². The summed E-state index contributed by atoms with van der Waals surface area (Å²) in [5, 5.41) is 3.39. The highest BCUT2D eigenvalue weighted by Gasteiger charge is 2.30. The summed E-state index contributed by atoms with van der Waals surface area (Å²) in [4.78, 5) is 2.65. The van der Waals surface area contributed by atoms with Crippen LogP contribution in [0.25, 0.3) is 0 Å². The Labute approximate surface area is 112 Å². The molecule has 2 saturated heterocycles. The number of nitrogens with one attached hydrogen (secondary N) is 1. The first-order valence-corrected chi connectivity index (χ1v) is 7.79. The summed E-state index contributed by atoms with van der Waals surface area (Å²) in [7, 11) is 0. The molecule has 0 bridgehead atoms. The largest absolute Gasteiger partial charge is 0.372 e. The van der Waals surface area contributed by atoms with Gasteiger partial charge < -0.3 is 10.1 Å². The Morgan fingerprint density at radius 1 is 1.11 bits per heavy atom. The van der Waals surface area contributed by atoms with Crippen molar-refractivity contribution in [1.82, 2.24) is 10.2 Å². The summed E-state index contributed by atoms with van der Waals surface area (Å²) in [5.41, 5.74) is 0. The van der Waals surface area contributed by atoms with Gasteiger partial charge in [-0.1, -0.05) is 13.8 Å². The van der Waals surface area contributed by atoms with E-state index in [2.05, 4.69) is 31.0 Å². The number of rotatable bonds is 5. The number of hydrogen-bond acceptors (Lipinski definition) is 3. The zero-order valence-corrected chi connectivity index (χ0v) is 12.3. The Morgan fingerprint density at radius 3 is 2.67 bits per heavy atom. The van der Waals surface area contributed by atoms with Crippen molar-refractivity contribution in [3.63, 3.8) is 0 Å². The Morgan fingerprint density at radius 2 is 1.89 bits per heavy atom. The summed E-state index contributed by atoms with van der Waals surface area (Å²) < 4.78 is 6.15. The summed E-state index contributed by atoms with van der Waals surface area (Å²) in [6, 6.07) is 0.748. The van der Waals surface area contributed by atoms with Gasteiger partial charge in [0.15, 0.2) is 0 Å². The van der Waals surface area contributed by atoms with Crippen molar-refractivity contribution < 1.29 is 4.74 Å². The molecule has 2 aliphatic heterocycles. The molecule has 3 nitrogen and oxygen atoms in total. The van der Waals surface area contributed by atoms with E-state index in [0.717, 1.165) is 31.6 Å². The van der Waals surface area contributed by atoms with Crippen molar-refractivity contribution in [2.75, 3.05) is 26.2 Å². The lowest BCUT2D eigenvalue weighted by molar-refractivity contribution is 0.00384. The molecule has 0 aliphatic carbocycles. The van der Waals surface area contributed by atoms with Gasteiger partial charge >= 0.3 is 0 Å². The second-order valence-electron chi connectivity index (χ2n) is 6.25. The van der Waals surface area contributed by atoms with Gasteiger partial charge in [-0.3, -0.25) is 4.90 Å². The fourth-order valence-corrected chi connectivity index (χ4v) is 3.27. The third-order valence-electron chi connectivity index (χ3n) is 4.50. The van der Waals surface area contributed by atoms with E-state index >= 15 is 0 Å². The van der Waals surface area contributed by atoms with Gasteiger partial charge in [-0.15, -0.1) is 0 Å². The number of hydrogen-bond donors (Lipinski definition) is 1. The van der Waals surface area contributed by atoms with E-state index in [0.29, 0.717) is 12.2 Å². The fraction of sp³-hybridized carbons (Fsp3) is 1.00. The number of likely N-dealkylation sites (N-methyl/N-ethyl adjacent to an activating group) is 1. The standard InChI is InChI=1S/C15H30N2O/c1-4-16-9-14-7-8-15(18-14)11-17-10-12(2)5-6-13(17)3/h12-16H,4-11H2,1-3H3. The van der Waals surface area contributed by atoms with Gasteiger partial charge in [-0.25, -0.2) is 0 Å². The third-order valence-corrected chi connectivity index (χ3v) is 4.50. The monoisotopic (exact) mass is 254 g/mol. The normalized spacial score (nSPS) is 38.2. The molecule has 0 saturated carbocycles. The Balaban J connectivity index is 1.73. The third kappa shape index (κ3) is 3.94. The predicted molar refractivity (Wildman–Crippen MR) is 75.9 cm³/mol.